The van der Waals surface area contributed by atoms with Crippen LogP contribution in [0.4, 0.5) is 0 Å². The molecule has 5 heteroatoms. The van der Waals surface area contributed by atoms with Crippen LogP contribution in [0.25, 0.3) is 0 Å². The summed E-state index contributed by atoms with van der Waals surface area (Å²) in [7, 11) is 0. The number of carbonyl (C=O) groups excluding carboxylic acids is 1. The Bertz CT molecular complexity index is 528. The Kier molecular flexibility index (Phi) is 6.27. The van der Waals surface area contributed by atoms with Crippen molar-refractivity contribution in [2.75, 3.05) is 0 Å². The fraction of sp³-hybridized carbons (Fsp3) is 0.500. The molecule has 4 nitrogen and oxygen atoms in total. The van der Waals surface area contributed by atoms with E-state index in [0.717, 1.165) is 10.5 Å². The molecule has 2 atom stereocenters. The molecule has 0 aliphatic carbocycles. The largest absolute Gasteiger partial charge is 0.480 e. The molecule has 1 aromatic carbocycles. The molecule has 0 fully saturated rings. The van der Waals surface area contributed by atoms with Crippen molar-refractivity contribution in [3.05, 3.63) is 29.3 Å². The van der Waals surface area contributed by atoms with Gasteiger partial charge in [0, 0.05) is 4.90 Å². The van der Waals surface area contributed by atoms with E-state index in [1.54, 1.807) is 20.8 Å². The lowest BCUT2D eigenvalue weighted by atomic mass is 10.0. The number of hydrogen-bond donors (Lipinski definition) is 2. The van der Waals surface area contributed by atoms with Gasteiger partial charge in [-0.1, -0.05) is 31.5 Å². The zero-order chi connectivity index (χ0) is 16.2. The van der Waals surface area contributed by atoms with E-state index >= 15 is 0 Å². The molecule has 21 heavy (non-hydrogen) atoms. The summed E-state index contributed by atoms with van der Waals surface area (Å²) < 4.78 is 0. The Morgan fingerprint density at radius 2 is 1.81 bits per heavy atom. The van der Waals surface area contributed by atoms with E-state index in [1.807, 2.05) is 26.0 Å². The quantitative estimate of drug-likeness (QED) is 0.793. The second-order valence-electron chi connectivity index (χ2n) is 5.60. The van der Waals surface area contributed by atoms with Crippen LogP contribution >= 0.6 is 11.8 Å². The van der Waals surface area contributed by atoms with Gasteiger partial charge in [-0.15, -0.1) is 11.8 Å². The maximum atomic E-state index is 12.1. The number of carboxylic acids is 1. The third-order valence-electron chi connectivity index (χ3n) is 3.23. The number of nitrogens with one attached hydrogen (secondary N) is 1. The minimum atomic E-state index is -0.998. The van der Waals surface area contributed by atoms with Crippen LogP contribution in [0.5, 0.6) is 0 Å². The predicted octanol–water partition coefficient (Wildman–Crippen LogP) is 3.01. The van der Waals surface area contributed by atoms with Crippen LogP contribution in [0.15, 0.2) is 23.1 Å². The highest BCUT2D eigenvalue weighted by atomic mass is 32.2. The highest BCUT2D eigenvalue weighted by molar-refractivity contribution is 8.00. The smallest absolute Gasteiger partial charge is 0.326 e. The number of hydrogen-bond acceptors (Lipinski definition) is 3. The Balaban J connectivity index is 2.72. The lowest BCUT2D eigenvalue weighted by Gasteiger charge is -2.20. The molecule has 1 amide bonds. The molecule has 1 aromatic rings. The predicted molar refractivity (Wildman–Crippen MR) is 85.6 cm³/mol. The van der Waals surface area contributed by atoms with E-state index in [2.05, 4.69) is 11.4 Å². The summed E-state index contributed by atoms with van der Waals surface area (Å²) in [4.78, 5) is 24.3. The third-order valence-corrected chi connectivity index (χ3v) is 4.51. The maximum absolute atomic E-state index is 12.1. The molecule has 0 heterocycles. The normalized spacial score (nSPS) is 13.8. The summed E-state index contributed by atoms with van der Waals surface area (Å²) in [6.45, 7) is 9.38. The van der Waals surface area contributed by atoms with E-state index in [1.165, 1.54) is 17.3 Å². The van der Waals surface area contributed by atoms with Gasteiger partial charge in [-0.25, -0.2) is 4.79 Å². The lowest BCUT2D eigenvalue weighted by Crippen LogP contribution is -2.46. The molecule has 0 saturated heterocycles. The van der Waals surface area contributed by atoms with Crippen LogP contribution < -0.4 is 5.32 Å². The summed E-state index contributed by atoms with van der Waals surface area (Å²) in [6, 6.07) is 5.23. The molecular weight excluding hydrogens is 286 g/mol. The Morgan fingerprint density at radius 3 is 2.29 bits per heavy atom. The van der Waals surface area contributed by atoms with Crippen molar-refractivity contribution in [3.8, 4) is 0 Å². The van der Waals surface area contributed by atoms with Crippen molar-refractivity contribution in [2.24, 2.45) is 5.92 Å². The van der Waals surface area contributed by atoms with E-state index in [0.29, 0.717) is 0 Å². The van der Waals surface area contributed by atoms with Crippen LogP contribution in [0.1, 0.15) is 31.9 Å². The van der Waals surface area contributed by atoms with Gasteiger partial charge in [-0.05, 0) is 38.3 Å². The van der Waals surface area contributed by atoms with Crippen molar-refractivity contribution in [1.29, 1.82) is 0 Å². The number of rotatable bonds is 6. The molecule has 2 unspecified atom stereocenters. The first-order valence-electron chi connectivity index (χ1n) is 6.99. The summed E-state index contributed by atoms with van der Waals surface area (Å²) in [5, 5.41) is 11.4. The maximum Gasteiger partial charge on any atom is 0.326 e. The molecule has 0 aliphatic heterocycles. The number of amides is 1. The first-order chi connectivity index (χ1) is 9.72. The van der Waals surface area contributed by atoms with Gasteiger partial charge in [0.05, 0.1) is 5.25 Å². The van der Waals surface area contributed by atoms with Crippen LogP contribution in [-0.2, 0) is 9.59 Å². The van der Waals surface area contributed by atoms with Crippen molar-refractivity contribution >= 4 is 23.6 Å². The van der Waals surface area contributed by atoms with E-state index in [4.69, 9.17) is 5.11 Å². The van der Waals surface area contributed by atoms with Gasteiger partial charge in [-0.2, -0.15) is 0 Å². The van der Waals surface area contributed by atoms with Crippen molar-refractivity contribution in [3.63, 3.8) is 0 Å². The topological polar surface area (TPSA) is 66.4 Å². The molecule has 116 valence electrons. The second kappa shape index (κ2) is 7.50. The third kappa shape index (κ3) is 5.08. The van der Waals surface area contributed by atoms with Crippen LogP contribution in [0, 0.1) is 19.8 Å². The Morgan fingerprint density at radius 1 is 1.19 bits per heavy atom. The molecule has 0 radical (unpaired) electrons. The molecule has 1 rings (SSSR count). The number of benzene rings is 1. The molecule has 2 N–H and O–H groups in total. The second-order valence-corrected chi connectivity index (χ2v) is 6.98. The monoisotopic (exact) mass is 309 g/mol. The molecule has 0 bridgehead atoms. The molecule has 0 spiro atoms. The van der Waals surface area contributed by atoms with Crippen molar-refractivity contribution in [2.45, 2.75) is 50.8 Å². The van der Waals surface area contributed by atoms with Crippen molar-refractivity contribution in [1.82, 2.24) is 5.32 Å². The van der Waals surface area contributed by atoms with E-state index in [-0.39, 0.29) is 17.1 Å². The zero-order valence-electron chi connectivity index (χ0n) is 13.1. The number of carboxylic acid groups (broad SMARTS) is 1. The molecular formula is C16H23NO3S. The Hall–Kier alpha value is -1.49. The highest BCUT2D eigenvalue weighted by Crippen LogP contribution is 2.27. The Labute approximate surface area is 130 Å². The summed E-state index contributed by atoms with van der Waals surface area (Å²) in [6.07, 6.45) is 0. The standard InChI is InChI=1S/C16H23NO3S/c1-9(2)14(16(19)20)17-15(18)12(5)21-13-7-6-10(3)8-11(13)4/h6-9,12,14H,1-5H3,(H,17,18)(H,19,20). The van der Waals surface area contributed by atoms with Crippen LogP contribution in [0.3, 0.4) is 0 Å². The summed E-state index contributed by atoms with van der Waals surface area (Å²) >= 11 is 1.45. The van der Waals surface area contributed by atoms with Crippen molar-refractivity contribution < 1.29 is 14.7 Å². The van der Waals surface area contributed by atoms with Gasteiger partial charge in [0.15, 0.2) is 0 Å². The van der Waals surface area contributed by atoms with Gasteiger partial charge in [0.2, 0.25) is 5.91 Å². The number of aliphatic carboxylic acids is 1. The minimum Gasteiger partial charge on any atom is -0.480 e. The number of thioether (sulfide) groups is 1. The van der Waals surface area contributed by atoms with E-state index in [9.17, 15) is 9.59 Å². The van der Waals surface area contributed by atoms with Gasteiger partial charge < -0.3 is 10.4 Å². The average Bonchev–Trinajstić information content (AvgIpc) is 2.37. The van der Waals surface area contributed by atoms with Gasteiger partial charge in [-0.3, -0.25) is 4.79 Å². The summed E-state index contributed by atoms with van der Waals surface area (Å²) in [5.41, 5.74) is 2.30. The fourth-order valence-electron chi connectivity index (χ4n) is 1.96. The molecule has 0 saturated carbocycles. The fourth-order valence-corrected chi connectivity index (χ4v) is 2.91. The van der Waals surface area contributed by atoms with Crippen LogP contribution in [0.2, 0.25) is 0 Å². The minimum absolute atomic E-state index is 0.148. The molecule has 0 aliphatic rings. The summed E-state index contributed by atoms with van der Waals surface area (Å²) in [5.74, 6) is -1.40. The van der Waals surface area contributed by atoms with Gasteiger partial charge >= 0.3 is 5.97 Å². The number of aryl methyl sites for hydroxylation is 2. The lowest BCUT2D eigenvalue weighted by molar-refractivity contribution is -0.143. The SMILES string of the molecule is Cc1ccc(SC(C)C(=O)NC(C(=O)O)C(C)C)c(C)c1. The average molecular weight is 309 g/mol. The molecule has 0 aromatic heterocycles. The number of carbonyl (C=O) groups is 2. The first kappa shape index (κ1) is 17.6. The van der Waals surface area contributed by atoms with Gasteiger partial charge in [0.25, 0.3) is 0 Å². The zero-order valence-corrected chi connectivity index (χ0v) is 14.0. The van der Waals surface area contributed by atoms with E-state index < -0.39 is 12.0 Å². The van der Waals surface area contributed by atoms with Crippen LogP contribution in [-0.4, -0.2) is 28.3 Å². The van der Waals surface area contributed by atoms with Gasteiger partial charge in [0.1, 0.15) is 6.04 Å². The first-order valence-corrected chi connectivity index (χ1v) is 7.87. The highest BCUT2D eigenvalue weighted by Gasteiger charge is 2.26.